The van der Waals surface area contributed by atoms with E-state index in [0.717, 1.165) is 18.0 Å². The largest absolute Gasteiger partial charge is 0.331 e. The molecule has 96 valence electrons. The number of carbonyl (C=O) groups excluding carboxylic acids is 2. The van der Waals surface area contributed by atoms with Gasteiger partial charge < -0.3 is 10.2 Å². The lowest BCUT2D eigenvalue weighted by molar-refractivity contribution is -0.107. The van der Waals surface area contributed by atoms with Crippen LogP contribution in [0, 0.1) is 0 Å². The summed E-state index contributed by atoms with van der Waals surface area (Å²) in [6.07, 6.45) is 0.576. The summed E-state index contributed by atoms with van der Waals surface area (Å²) >= 11 is 0. The maximum absolute atomic E-state index is 12.3. The van der Waals surface area contributed by atoms with Crippen molar-refractivity contribution >= 4 is 18.1 Å². The Morgan fingerprint density at radius 1 is 1.44 bits per heavy atom. The van der Waals surface area contributed by atoms with Gasteiger partial charge in [-0.05, 0) is 19.1 Å². The minimum atomic E-state index is -0.259. The Labute approximate surface area is 106 Å². The molecule has 0 aliphatic carbocycles. The van der Waals surface area contributed by atoms with E-state index in [4.69, 9.17) is 0 Å². The maximum atomic E-state index is 12.3. The van der Waals surface area contributed by atoms with Crippen LogP contribution < -0.4 is 10.2 Å². The number of amides is 3. The molecule has 3 amide bonds. The molecule has 0 aromatic heterocycles. The number of hydrogen-bond donors (Lipinski definition) is 1. The zero-order valence-electron chi connectivity index (χ0n) is 10.4. The topological polar surface area (TPSA) is 52.7 Å². The van der Waals surface area contributed by atoms with Crippen molar-refractivity contribution in [2.75, 3.05) is 24.5 Å². The van der Waals surface area contributed by atoms with Crippen molar-refractivity contribution in [3.05, 3.63) is 30.3 Å². The van der Waals surface area contributed by atoms with Crippen LogP contribution in [0.3, 0.4) is 0 Å². The molecule has 0 spiro atoms. The minimum absolute atomic E-state index is 0.0948. The first kappa shape index (κ1) is 12.6. The van der Waals surface area contributed by atoms with Gasteiger partial charge in [0.1, 0.15) is 0 Å². The quantitative estimate of drug-likeness (QED) is 0.795. The van der Waals surface area contributed by atoms with Crippen molar-refractivity contribution in [2.45, 2.75) is 13.0 Å². The summed E-state index contributed by atoms with van der Waals surface area (Å²) in [5.41, 5.74) is 0.600. The number of imide groups is 1. The minimum Gasteiger partial charge on any atom is -0.319 e. The first-order valence-electron chi connectivity index (χ1n) is 6.05. The van der Waals surface area contributed by atoms with E-state index in [0.29, 0.717) is 18.6 Å². The van der Waals surface area contributed by atoms with E-state index in [1.807, 2.05) is 13.0 Å². The number of para-hydroxylation sites is 1. The lowest BCUT2D eigenvalue weighted by Crippen LogP contribution is -2.56. The lowest BCUT2D eigenvalue weighted by Gasteiger charge is -2.36. The van der Waals surface area contributed by atoms with E-state index in [1.165, 1.54) is 0 Å². The number of nitrogens with zero attached hydrogens (tertiary/aromatic N) is 2. The highest BCUT2D eigenvalue weighted by atomic mass is 16.2. The molecule has 1 saturated heterocycles. The third-order valence-corrected chi connectivity index (χ3v) is 3.09. The number of anilines is 1. The van der Waals surface area contributed by atoms with Crippen LogP contribution in [0.25, 0.3) is 0 Å². The Hall–Kier alpha value is -1.88. The summed E-state index contributed by atoms with van der Waals surface area (Å²) in [6.45, 7) is 4.11. The number of hydrogen-bond acceptors (Lipinski definition) is 3. The van der Waals surface area contributed by atoms with Gasteiger partial charge in [-0.25, -0.2) is 9.69 Å². The molecule has 1 N–H and O–H groups in total. The molecule has 1 aromatic rings. The predicted molar refractivity (Wildman–Crippen MR) is 69.4 cm³/mol. The molecule has 18 heavy (non-hydrogen) atoms. The summed E-state index contributed by atoms with van der Waals surface area (Å²) in [5, 5.41) is 3.22. The van der Waals surface area contributed by atoms with E-state index in [2.05, 4.69) is 5.32 Å². The van der Waals surface area contributed by atoms with Crippen LogP contribution in [-0.2, 0) is 4.79 Å². The second kappa shape index (κ2) is 5.64. The van der Waals surface area contributed by atoms with E-state index < -0.39 is 0 Å². The third-order valence-electron chi connectivity index (χ3n) is 3.09. The Balaban J connectivity index is 2.17. The highest BCUT2D eigenvalue weighted by Gasteiger charge is 2.27. The van der Waals surface area contributed by atoms with Crippen molar-refractivity contribution in [3.8, 4) is 0 Å². The molecular formula is C13H17N3O2. The highest BCUT2D eigenvalue weighted by molar-refractivity contribution is 6.06. The van der Waals surface area contributed by atoms with Crippen molar-refractivity contribution in [1.29, 1.82) is 0 Å². The summed E-state index contributed by atoms with van der Waals surface area (Å²) in [7, 11) is 0. The predicted octanol–water partition coefficient (Wildman–Crippen LogP) is 1.06. The molecule has 0 radical (unpaired) electrons. The van der Waals surface area contributed by atoms with Gasteiger partial charge in [-0.2, -0.15) is 0 Å². The van der Waals surface area contributed by atoms with E-state index in [-0.39, 0.29) is 12.1 Å². The van der Waals surface area contributed by atoms with Crippen LogP contribution in [0.15, 0.2) is 30.3 Å². The fourth-order valence-corrected chi connectivity index (χ4v) is 2.07. The van der Waals surface area contributed by atoms with Gasteiger partial charge in [0, 0.05) is 25.7 Å². The van der Waals surface area contributed by atoms with E-state index in [9.17, 15) is 9.59 Å². The zero-order chi connectivity index (χ0) is 13.0. The van der Waals surface area contributed by atoms with Gasteiger partial charge in [-0.1, -0.05) is 18.2 Å². The molecule has 2 rings (SSSR count). The zero-order valence-corrected chi connectivity index (χ0v) is 10.4. The normalized spacial score (nSPS) is 19.4. The number of piperazine rings is 1. The number of nitrogens with one attached hydrogen (secondary N) is 1. The molecule has 0 saturated carbocycles. The van der Waals surface area contributed by atoms with Gasteiger partial charge in [0.05, 0.1) is 5.69 Å². The van der Waals surface area contributed by atoms with Crippen LogP contribution >= 0.6 is 0 Å². The van der Waals surface area contributed by atoms with Gasteiger partial charge in [0.2, 0.25) is 6.41 Å². The molecule has 5 nitrogen and oxygen atoms in total. The highest BCUT2D eigenvalue weighted by Crippen LogP contribution is 2.15. The van der Waals surface area contributed by atoms with Crippen LogP contribution in [0.5, 0.6) is 0 Å². The monoisotopic (exact) mass is 247 g/mol. The number of benzene rings is 1. The fraction of sp³-hybridized carbons (Fsp3) is 0.385. The van der Waals surface area contributed by atoms with Crippen molar-refractivity contribution in [1.82, 2.24) is 10.2 Å². The Kier molecular flexibility index (Phi) is 3.94. The average Bonchev–Trinajstić information content (AvgIpc) is 2.41. The molecule has 0 bridgehead atoms. The van der Waals surface area contributed by atoms with Crippen LogP contribution in [0.1, 0.15) is 6.92 Å². The van der Waals surface area contributed by atoms with Gasteiger partial charge in [-0.3, -0.25) is 4.79 Å². The molecule has 1 unspecified atom stereocenters. The second-order valence-electron chi connectivity index (χ2n) is 4.34. The molecule has 1 atom stereocenters. The van der Waals surface area contributed by atoms with E-state index >= 15 is 0 Å². The number of carbonyl (C=O) groups is 2. The molecule has 1 aliphatic rings. The SMILES string of the molecule is CC1CNCCN1C(=O)N(C=O)c1ccccc1. The Morgan fingerprint density at radius 3 is 2.78 bits per heavy atom. The van der Waals surface area contributed by atoms with Gasteiger partial charge in [0.25, 0.3) is 0 Å². The summed E-state index contributed by atoms with van der Waals surface area (Å²) in [5.74, 6) is 0. The maximum Gasteiger partial charge on any atom is 0.331 e. The molecule has 1 aliphatic heterocycles. The molecule has 5 heteroatoms. The summed E-state index contributed by atoms with van der Waals surface area (Å²) < 4.78 is 0. The molecular weight excluding hydrogens is 230 g/mol. The van der Waals surface area contributed by atoms with Crippen molar-refractivity contribution in [2.24, 2.45) is 0 Å². The fourth-order valence-electron chi connectivity index (χ4n) is 2.07. The number of urea groups is 1. The summed E-state index contributed by atoms with van der Waals surface area (Å²) in [4.78, 5) is 26.4. The van der Waals surface area contributed by atoms with E-state index in [1.54, 1.807) is 29.2 Å². The standard InChI is InChI=1S/C13H17N3O2/c1-11-9-14-7-8-15(11)13(18)16(10-17)12-5-3-2-4-6-12/h2-6,10-11,14H,7-9H2,1H3. The van der Waals surface area contributed by atoms with Gasteiger partial charge in [-0.15, -0.1) is 0 Å². The van der Waals surface area contributed by atoms with Gasteiger partial charge in [0.15, 0.2) is 0 Å². The van der Waals surface area contributed by atoms with Crippen molar-refractivity contribution < 1.29 is 9.59 Å². The summed E-state index contributed by atoms with van der Waals surface area (Å²) in [6, 6.07) is 8.80. The van der Waals surface area contributed by atoms with Crippen LogP contribution in [0.2, 0.25) is 0 Å². The van der Waals surface area contributed by atoms with Crippen LogP contribution in [0.4, 0.5) is 10.5 Å². The molecule has 1 aromatic carbocycles. The third kappa shape index (κ3) is 2.51. The Bertz CT molecular complexity index is 422. The van der Waals surface area contributed by atoms with Crippen molar-refractivity contribution in [3.63, 3.8) is 0 Å². The lowest BCUT2D eigenvalue weighted by atomic mass is 10.2. The first-order chi connectivity index (χ1) is 8.74. The molecule has 1 fully saturated rings. The van der Waals surface area contributed by atoms with Gasteiger partial charge >= 0.3 is 6.03 Å². The first-order valence-corrected chi connectivity index (χ1v) is 6.05. The molecule has 1 heterocycles. The number of rotatable bonds is 2. The second-order valence-corrected chi connectivity index (χ2v) is 4.34. The average molecular weight is 247 g/mol. The Morgan fingerprint density at radius 2 is 2.17 bits per heavy atom. The smallest absolute Gasteiger partial charge is 0.319 e. The van der Waals surface area contributed by atoms with Crippen LogP contribution in [-0.4, -0.2) is 43.0 Å².